The number of methoxy groups -OCH3 is 1. The average Bonchev–Trinajstić information content (AvgIpc) is 2.17. The number of aromatic nitrogens is 1. The van der Waals surface area contributed by atoms with Gasteiger partial charge in [0.25, 0.3) is 0 Å². The van der Waals surface area contributed by atoms with Crippen LogP contribution in [0.25, 0.3) is 0 Å². The standard InChI is InChI=1S/C9H10N2O/c1-12-8-5-7-3-2-4-10-9(7)11-6-8/h2,4-6H,3H2,1H3,(H,10,11). The molecule has 0 aliphatic carbocycles. The normalized spacial score (nSPS) is 13.4. The lowest BCUT2D eigenvalue weighted by Gasteiger charge is -2.11. The summed E-state index contributed by atoms with van der Waals surface area (Å²) in [5.41, 5.74) is 1.18. The van der Waals surface area contributed by atoms with E-state index in [2.05, 4.69) is 16.4 Å². The molecule has 1 aliphatic rings. The molecule has 62 valence electrons. The van der Waals surface area contributed by atoms with Gasteiger partial charge in [-0.3, -0.25) is 0 Å². The number of allylic oxidation sites excluding steroid dienone is 1. The molecule has 3 heteroatoms. The first-order valence-corrected chi connectivity index (χ1v) is 3.84. The van der Waals surface area contributed by atoms with Gasteiger partial charge in [-0.15, -0.1) is 0 Å². The Labute approximate surface area is 71.1 Å². The number of nitrogens with one attached hydrogen (secondary N) is 1. The van der Waals surface area contributed by atoms with Crippen molar-refractivity contribution in [2.75, 3.05) is 12.4 Å². The highest BCUT2D eigenvalue weighted by molar-refractivity contribution is 5.52. The van der Waals surface area contributed by atoms with Gasteiger partial charge in [0, 0.05) is 5.56 Å². The molecule has 0 saturated heterocycles. The summed E-state index contributed by atoms with van der Waals surface area (Å²) in [4.78, 5) is 4.20. The van der Waals surface area contributed by atoms with E-state index in [4.69, 9.17) is 4.74 Å². The topological polar surface area (TPSA) is 34.1 Å². The first-order valence-electron chi connectivity index (χ1n) is 3.84. The quantitative estimate of drug-likeness (QED) is 0.680. The van der Waals surface area contributed by atoms with E-state index >= 15 is 0 Å². The summed E-state index contributed by atoms with van der Waals surface area (Å²) in [5, 5.41) is 3.07. The molecule has 0 spiro atoms. The van der Waals surface area contributed by atoms with Gasteiger partial charge in [0.2, 0.25) is 0 Å². The molecule has 0 aromatic carbocycles. The molecular weight excluding hydrogens is 152 g/mol. The minimum absolute atomic E-state index is 0.811. The third-order valence-corrected chi connectivity index (χ3v) is 1.85. The molecule has 1 aliphatic heterocycles. The fourth-order valence-corrected chi connectivity index (χ4v) is 1.21. The maximum absolute atomic E-state index is 5.07. The maximum atomic E-state index is 5.07. The summed E-state index contributed by atoms with van der Waals surface area (Å²) in [6.45, 7) is 0. The van der Waals surface area contributed by atoms with Crippen molar-refractivity contribution in [3.63, 3.8) is 0 Å². The van der Waals surface area contributed by atoms with Crippen LogP contribution < -0.4 is 10.1 Å². The number of ether oxygens (including phenoxy) is 1. The number of nitrogens with zero attached hydrogens (tertiary/aromatic N) is 1. The largest absolute Gasteiger partial charge is 0.495 e. The number of fused-ring (bicyclic) bond motifs is 1. The second-order valence-corrected chi connectivity index (χ2v) is 2.63. The van der Waals surface area contributed by atoms with E-state index in [0.717, 1.165) is 18.0 Å². The predicted molar refractivity (Wildman–Crippen MR) is 47.3 cm³/mol. The highest BCUT2D eigenvalue weighted by Crippen LogP contribution is 2.21. The summed E-state index contributed by atoms with van der Waals surface area (Å²) in [6, 6.07) is 2.00. The number of hydrogen-bond donors (Lipinski definition) is 1. The van der Waals surface area contributed by atoms with Gasteiger partial charge >= 0.3 is 0 Å². The monoisotopic (exact) mass is 162 g/mol. The lowest BCUT2D eigenvalue weighted by Crippen LogP contribution is -2.02. The van der Waals surface area contributed by atoms with Crippen LogP contribution in [-0.4, -0.2) is 12.1 Å². The van der Waals surface area contributed by atoms with Crippen LogP contribution in [0.2, 0.25) is 0 Å². The Hall–Kier alpha value is -1.51. The van der Waals surface area contributed by atoms with Gasteiger partial charge in [0.05, 0.1) is 13.3 Å². The van der Waals surface area contributed by atoms with Gasteiger partial charge in [0.15, 0.2) is 0 Å². The third kappa shape index (κ3) is 1.13. The van der Waals surface area contributed by atoms with Crippen LogP contribution in [0, 0.1) is 0 Å². The third-order valence-electron chi connectivity index (χ3n) is 1.85. The Bertz CT molecular complexity index is 320. The molecule has 0 amide bonds. The smallest absolute Gasteiger partial charge is 0.137 e. The van der Waals surface area contributed by atoms with Crippen LogP contribution in [0.3, 0.4) is 0 Å². The van der Waals surface area contributed by atoms with E-state index in [1.54, 1.807) is 13.3 Å². The van der Waals surface area contributed by atoms with Crippen molar-refractivity contribution in [1.29, 1.82) is 0 Å². The van der Waals surface area contributed by atoms with Crippen LogP contribution in [0.5, 0.6) is 5.75 Å². The second-order valence-electron chi connectivity index (χ2n) is 2.63. The van der Waals surface area contributed by atoms with Crippen molar-refractivity contribution in [2.45, 2.75) is 6.42 Å². The Morgan fingerprint density at radius 2 is 2.50 bits per heavy atom. The van der Waals surface area contributed by atoms with E-state index in [1.807, 2.05) is 12.3 Å². The first-order chi connectivity index (χ1) is 5.90. The fourth-order valence-electron chi connectivity index (χ4n) is 1.21. The molecular formula is C9H10N2O. The Morgan fingerprint density at radius 3 is 3.33 bits per heavy atom. The van der Waals surface area contributed by atoms with Gasteiger partial charge in [0.1, 0.15) is 11.6 Å². The first kappa shape index (κ1) is 7.16. The van der Waals surface area contributed by atoms with Crippen molar-refractivity contribution >= 4 is 5.82 Å². The highest BCUT2D eigenvalue weighted by atomic mass is 16.5. The van der Waals surface area contributed by atoms with Crippen LogP contribution in [-0.2, 0) is 6.42 Å². The molecule has 12 heavy (non-hydrogen) atoms. The molecule has 1 aromatic heterocycles. The number of hydrogen-bond acceptors (Lipinski definition) is 3. The van der Waals surface area contributed by atoms with Crippen molar-refractivity contribution in [1.82, 2.24) is 4.98 Å². The van der Waals surface area contributed by atoms with Gasteiger partial charge in [-0.2, -0.15) is 0 Å². The lowest BCUT2D eigenvalue weighted by atomic mass is 10.1. The average molecular weight is 162 g/mol. The summed E-state index contributed by atoms with van der Waals surface area (Å²) in [6.07, 6.45) is 6.60. The van der Waals surface area contributed by atoms with Crippen molar-refractivity contribution in [2.24, 2.45) is 0 Å². The SMILES string of the molecule is COc1cnc2c(c1)CC=CN2. The molecule has 1 N–H and O–H groups in total. The highest BCUT2D eigenvalue weighted by Gasteiger charge is 2.06. The molecule has 0 saturated carbocycles. The zero-order valence-corrected chi connectivity index (χ0v) is 6.87. The van der Waals surface area contributed by atoms with Gasteiger partial charge in [-0.05, 0) is 18.7 Å². The molecule has 2 heterocycles. The minimum Gasteiger partial charge on any atom is -0.495 e. The predicted octanol–water partition coefficient (Wildman–Crippen LogP) is 1.57. The molecule has 0 bridgehead atoms. The summed E-state index contributed by atoms with van der Waals surface area (Å²) in [7, 11) is 1.65. The molecule has 0 radical (unpaired) electrons. The van der Waals surface area contributed by atoms with E-state index in [-0.39, 0.29) is 0 Å². The molecule has 0 unspecified atom stereocenters. The molecule has 3 nitrogen and oxygen atoms in total. The molecule has 2 rings (SSSR count). The van der Waals surface area contributed by atoms with Crippen molar-refractivity contribution in [3.8, 4) is 5.75 Å². The Kier molecular flexibility index (Phi) is 1.70. The number of rotatable bonds is 1. The van der Waals surface area contributed by atoms with E-state index in [1.165, 1.54) is 5.56 Å². The Morgan fingerprint density at radius 1 is 1.58 bits per heavy atom. The summed E-state index contributed by atoms with van der Waals surface area (Å²) in [5.74, 6) is 1.74. The summed E-state index contributed by atoms with van der Waals surface area (Å²) >= 11 is 0. The summed E-state index contributed by atoms with van der Waals surface area (Å²) < 4.78 is 5.07. The van der Waals surface area contributed by atoms with E-state index in [0.29, 0.717) is 0 Å². The second kappa shape index (κ2) is 2.85. The van der Waals surface area contributed by atoms with Gasteiger partial charge < -0.3 is 10.1 Å². The van der Waals surface area contributed by atoms with Crippen LogP contribution in [0.4, 0.5) is 5.82 Å². The lowest BCUT2D eigenvalue weighted by molar-refractivity contribution is 0.412. The van der Waals surface area contributed by atoms with E-state index < -0.39 is 0 Å². The zero-order chi connectivity index (χ0) is 8.39. The van der Waals surface area contributed by atoms with Gasteiger partial charge in [-0.1, -0.05) is 6.08 Å². The van der Waals surface area contributed by atoms with Gasteiger partial charge in [-0.25, -0.2) is 4.98 Å². The molecule has 0 atom stereocenters. The van der Waals surface area contributed by atoms with E-state index in [9.17, 15) is 0 Å². The number of anilines is 1. The van der Waals surface area contributed by atoms with Crippen LogP contribution in [0.1, 0.15) is 5.56 Å². The number of pyridine rings is 1. The Balaban J connectivity index is 2.39. The fraction of sp³-hybridized carbons (Fsp3) is 0.222. The van der Waals surface area contributed by atoms with Crippen LogP contribution >= 0.6 is 0 Å². The molecule has 0 fully saturated rings. The van der Waals surface area contributed by atoms with Crippen LogP contribution in [0.15, 0.2) is 24.5 Å². The van der Waals surface area contributed by atoms with Crippen molar-refractivity contribution in [3.05, 3.63) is 30.1 Å². The zero-order valence-electron chi connectivity index (χ0n) is 6.87. The minimum atomic E-state index is 0.811. The van der Waals surface area contributed by atoms with Crippen molar-refractivity contribution < 1.29 is 4.74 Å². The molecule has 1 aromatic rings. The maximum Gasteiger partial charge on any atom is 0.137 e.